The number of sulfone groups is 1. The van der Waals surface area contributed by atoms with Crippen LogP contribution in [0.25, 0.3) is 0 Å². The largest absolute Gasteiger partial charge is 0.457 e. The van der Waals surface area contributed by atoms with Gasteiger partial charge in [0.05, 0.1) is 22.0 Å². The quantitative estimate of drug-likeness (QED) is 0.325. The number of amidine groups is 1. The molecule has 0 saturated carbocycles. The van der Waals surface area contributed by atoms with Crippen molar-refractivity contribution >= 4 is 15.7 Å². The van der Waals surface area contributed by atoms with Crippen molar-refractivity contribution in [2.45, 2.75) is 24.4 Å². The van der Waals surface area contributed by atoms with Crippen molar-refractivity contribution in [2.24, 2.45) is 16.1 Å². The summed E-state index contributed by atoms with van der Waals surface area (Å²) in [5.74, 6) is -0.271. The highest BCUT2D eigenvalue weighted by Gasteiger charge is 2.35. The monoisotopic (exact) mass is 415 g/mol. The maximum Gasteiger partial charge on any atom is 0.420 e. The molecule has 0 fully saturated rings. The number of hydrogen-bond donors (Lipinski definition) is 2. The molecule has 4 N–H and O–H groups in total. The standard InChI is InChI=1S/C17H17F3N4O3S/c1-10-5-11(8-16(21)23-24-22)7-12(6-10)27-15-4-3-13(28(2,25)26)9-14(15)17(18,19)20/h3-7,9H,8H2,1-2H3,(H3,21,22,23)/p+1. The van der Waals surface area contributed by atoms with E-state index in [-0.39, 0.29) is 18.0 Å². The summed E-state index contributed by atoms with van der Waals surface area (Å²) in [6.45, 7) is 1.73. The molecular weight excluding hydrogens is 397 g/mol. The minimum absolute atomic E-state index is 0.118. The van der Waals surface area contributed by atoms with E-state index in [2.05, 4.69) is 10.3 Å². The van der Waals surface area contributed by atoms with Crippen molar-refractivity contribution in [1.82, 2.24) is 0 Å². The predicted molar refractivity (Wildman–Crippen MR) is 95.5 cm³/mol. The molecule has 2 rings (SSSR count). The van der Waals surface area contributed by atoms with E-state index in [0.29, 0.717) is 17.2 Å². The molecule has 0 radical (unpaired) electrons. The Hall–Kier alpha value is -2.95. The van der Waals surface area contributed by atoms with Crippen molar-refractivity contribution in [3.8, 4) is 11.5 Å². The van der Waals surface area contributed by atoms with Crippen molar-refractivity contribution in [3.05, 3.63) is 53.1 Å². The summed E-state index contributed by atoms with van der Waals surface area (Å²) in [6, 6.07) is 7.37. The molecular formula is C17H18F3N4O3S+. The second kappa shape index (κ2) is 7.97. The van der Waals surface area contributed by atoms with Crippen LogP contribution in [0.15, 0.2) is 51.6 Å². The van der Waals surface area contributed by atoms with Gasteiger partial charge >= 0.3 is 6.18 Å². The number of aryl methyl sites for hydroxylation is 1. The van der Waals surface area contributed by atoms with E-state index in [9.17, 15) is 21.6 Å². The van der Waals surface area contributed by atoms with Crippen LogP contribution in [0.1, 0.15) is 16.7 Å². The number of nitrogens with two attached hydrogens (primary N) is 2. The summed E-state index contributed by atoms with van der Waals surface area (Å²) in [5.41, 5.74) is 10.7. The maximum atomic E-state index is 13.4. The van der Waals surface area contributed by atoms with Crippen LogP contribution in [0.3, 0.4) is 0 Å². The van der Waals surface area contributed by atoms with Gasteiger partial charge in [-0.2, -0.15) is 18.7 Å². The molecule has 28 heavy (non-hydrogen) atoms. The van der Waals surface area contributed by atoms with Crippen LogP contribution >= 0.6 is 0 Å². The van der Waals surface area contributed by atoms with Crippen LogP contribution in [-0.4, -0.2) is 20.5 Å². The first-order chi connectivity index (χ1) is 12.9. The average molecular weight is 415 g/mol. The van der Waals surface area contributed by atoms with Gasteiger partial charge in [-0.3, -0.25) is 0 Å². The fourth-order valence-electron chi connectivity index (χ4n) is 2.48. The van der Waals surface area contributed by atoms with Gasteiger partial charge in [-0.05, 0) is 48.4 Å². The van der Waals surface area contributed by atoms with E-state index in [1.54, 1.807) is 13.0 Å². The number of rotatable bonds is 6. The number of benzene rings is 2. The van der Waals surface area contributed by atoms with Crippen LogP contribution in [-0.2, 0) is 22.4 Å². The smallest absolute Gasteiger partial charge is 0.420 e. The van der Waals surface area contributed by atoms with E-state index in [4.69, 9.17) is 16.0 Å². The van der Waals surface area contributed by atoms with E-state index in [1.807, 2.05) is 0 Å². The Kier molecular flexibility index (Phi) is 6.07. The van der Waals surface area contributed by atoms with Crippen molar-refractivity contribution in [2.75, 3.05) is 6.26 Å². The zero-order chi connectivity index (χ0) is 21.1. The molecule has 0 aliphatic carbocycles. The number of nitrogens with zero attached hydrogens (tertiary/aromatic N) is 2. The summed E-state index contributed by atoms with van der Waals surface area (Å²) in [6.07, 6.45) is -3.81. The summed E-state index contributed by atoms with van der Waals surface area (Å²) in [4.78, 5) is -0.452. The molecule has 0 amide bonds. The summed E-state index contributed by atoms with van der Waals surface area (Å²) < 4.78 is 68.8. The lowest BCUT2D eigenvalue weighted by molar-refractivity contribution is -0.221. The van der Waals surface area contributed by atoms with Crippen molar-refractivity contribution in [3.63, 3.8) is 0 Å². The third kappa shape index (κ3) is 5.52. The molecule has 0 spiro atoms. The Morgan fingerprint density at radius 3 is 2.46 bits per heavy atom. The highest BCUT2D eigenvalue weighted by atomic mass is 32.2. The topological polar surface area (TPSA) is 120 Å². The first kappa shape index (κ1) is 21.4. The van der Waals surface area contributed by atoms with Crippen LogP contribution in [0.5, 0.6) is 11.5 Å². The summed E-state index contributed by atoms with van der Waals surface area (Å²) >= 11 is 0. The van der Waals surface area contributed by atoms with Crippen LogP contribution < -0.4 is 16.0 Å². The molecule has 0 saturated heterocycles. The molecule has 7 nitrogen and oxygen atoms in total. The molecule has 0 aliphatic rings. The lowest BCUT2D eigenvalue weighted by Gasteiger charge is -2.15. The Balaban J connectivity index is 2.46. The molecule has 0 unspecified atom stereocenters. The minimum atomic E-state index is -4.80. The number of alkyl halides is 3. The summed E-state index contributed by atoms with van der Waals surface area (Å²) in [5, 5.41) is 6.56. The molecule has 0 heterocycles. The number of halogens is 3. The molecule has 0 aromatic heterocycles. The van der Waals surface area contributed by atoms with Gasteiger partial charge in [0.2, 0.25) is 5.84 Å². The Bertz CT molecular complexity index is 1030. The van der Waals surface area contributed by atoms with Crippen LogP contribution in [0, 0.1) is 6.92 Å². The molecule has 2 aromatic carbocycles. The zero-order valence-electron chi connectivity index (χ0n) is 15.0. The second-order valence-corrected chi connectivity index (χ2v) is 8.08. The van der Waals surface area contributed by atoms with E-state index >= 15 is 0 Å². The SMILES string of the molecule is Cc1cc(C/C(N)=N/N=[NH2+])cc(Oc2ccc(S(C)(=O)=O)cc2C(F)(F)F)c1. The minimum Gasteiger partial charge on any atom is -0.457 e. The average Bonchev–Trinajstić information content (AvgIpc) is 2.52. The molecule has 11 heteroatoms. The van der Waals surface area contributed by atoms with Crippen LogP contribution in [0.2, 0.25) is 0 Å². The second-order valence-electron chi connectivity index (χ2n) is 6.07. The molecule has 0 aliphatic heterocycles. The van der Waals surface area contributed by atoms with E-state index in [1.165, 1.54) is 12.1 Å². The maximum absolute atomic E-state index is 13.4. The third-order valence-electron chi connectivity index (χ3n) is 3.59. The Morgan fingerprint density at radius 2 is 1.89 bits per heavy atom. The Labute approximate surface area is 159 Å². The third-order valence-corrected chi connectivity index (χ3v) is 4.70. The Morgan fingerprint density at radius 1 is 1.21 bits per heavy atom. The molecule has 0 atom stereocenters. The fourth-order valence-corrected chi connectivity index (χ4v) is 3.13. The van der Waals surface area contributed by atoms with Gasteiger partial charge in [0.15, 0.2) is 9.84 Å². The van der Waals surface area contributed by atoms with Gasteiger partial charge in [-0.1, -0.05) is 6.07 Å². The van der Waals surface area contributed by atoms with Gasteiger partial charge in [0, 0.05) is 6.26 Å². The van der Waals surface area contributed by atoms with E-state index < -0.39 is 32.2 Å². The van der Waals surface area contributed by atoms with Crippen LogP contribution in [0.4, 0.5) is 13.2 Å². The van der Waals surface area contributed by atoms with Gasteiger partial charge in [0.25, 0.3) is 0 Å². The lowest BCUT2D eigenvalue weighted by atomic mass is 10.1. The van der Waals surface area contributed by atoms with Gasteiger partial charge in [-0.25, -0.2) is 8.42 Å². The van der Waals surface area contributed by atoms with Crippen molar-refractivity contribution < 1.29 is 31.9 Å². The van der Waals surface area contributed by atoms with E-state index in [0.717, 1.165) is 18.4 Å². The number of ether oxygens (including phenoxy) is 1. The highest BCUT2D eigenvalue weighted by molar-refractivity contribution is 7.90. The van der Waals surface area contributed by atoms with Crippen molar-refractivity contribution in [1.29, 1.82) is 0 Å². The predicted octanol–water partition coefficient (Wildman–Crippen LogP) is 2.24. The van der Waals surface area contributed by atoms with Gasteiger partial charge < -0.3 is 10.5 Å². The van der Waals surface area contributed by atoms with Gasteiger partial charge in [0.1, 0.15) is 16.7 Å². The zero-order valence-corrected chi connectivity index (χ0v) is 15.8. The first-order valence-electron chi connectivity index (χ1n) is 7.82. The fraction of sp³-hybridized carbons (Fsp3) is 0.235. The number of hydrogen-bond acceptors (Lipinski definition) is 4. The van der Waals surface area contributed by atoms with Gasteiger partial charge in [-0.15, -0.1) is 0 Å². The lowest BCUT2D eigenvalue weighted by Crippen LogP contribution is -2.24. The first-order valence-corrected chi connectivity index (χ1v) is 9.71. The molecule has 2 aromatic rings. The summed E-state index contributed by atoms with van der Waals surface area (Å²) in [7, 11) is -3.81. The normalized spacial score (nSPS) is 12.7. The molecule has 150 valence electrons. The molecule has 0 bridgehead atoms. The highest BCUT2D eigenvalue weighted by Crippen LogP contribution is 2.39.